The number of carbonyl (C=O) groups is 1. The van der Waals surface area contributed by atoms with Crippen molar-refractivity contribution in [3.05, 3.63) is 54.1 Å². The molecule has 1 aliphatic rings. The molecule has 3 aromatic rings. The zero-order valence-electron chi connectivity index (χ0n) is 16.6. The summed E-state index contributed by atoms with van der Waals surface area (Å²) in [6.07, 6.45) is 0.676. The van der Waals surface area contributed by atoms with Crippen LogP contribution in [-0.2, 0) is 11.3 Å². The molecule has 0 saturated heterocycles. The molecule has 1 aromatic heterocycles. The van der Waals surface area contributed by atoms with Gasteiger partial charge >= 0.3 is 0 Å². The van der Waals surface area contributed by atoms with Crippen molar-refractivity contribution in [3.8, 4) is 22.9 Å². The van der Waals surface area contributed by atoms with Gasteiger partial charge in [0.05, 0.1) is 13.2 Å². The van der Waals surface area contributed by atoms with E-state index in [2.05, 4.69) is 20.7 Å². The number of hydrogen-bond donors (Lipinski definition) is 1. The molecule has 0 aliphatic carbocycles. The predicted octanol–water partition coefficient (Wildman–Crippen LogP) is 2.77. The highest BCUT2D eigenvalue weighted by atomic mass is 16.5. The molecule has 4 rings (SSSR count). The molecule has 0 spiro atoms. The van der Waals surface area contributed by atoms with Crippen LogP contribution in [0.4, 0.5) is 0 Å². The van der Waals surface area contributed by atoms with E-state index in [4.69, 9.17) is 9.47 Å². The molecule has 2 aromatic carbocycles. The Hall–Kier alpha value is -3.42. The number of nitrogens with zero attached hydrogens (tertiary/aromatic N) is 4. The molecular formula is C21H23N5O3. The Morgan fingerprint density at radius 2 is 2.10 bits per heavy atom. The average Bonchev–Trinajstić information content (AvgIpc) is 3.15. The van der Waals surface area contributed by atoms with Gasteiger partial charge in [0.2, 0.25) is 11.7 Å². The molecule has 150 valence electrons. The number of methoxy groups -OCH3 is 1. The van der Waals surface area contributed by atoms with Crippen LogP contribution < -0.4 is 14.8 Å². The fraction of sp³-hybridized carbons (Fsp3) is 0.333. The SMILES string of the molecule is COc1cccc(-c2nnn(CC(=O)N[C@@H]3CC(C)(C)Oc4ccccc43)n2)c1. The Balaban J connectivity index is 1.46. The van der Waals surface area contributed by atoms with E-state index in [0.29, 0.717) is 18.0 Å². The van der Waals surface area contributed by atoms with Crippen LogP contribution in [0.3, 0.4) is 0 Å². The first-order valence-corrected chi connectivity index (χ1v) is 9.43. The molecule has 2 heterocycles. The second-order valence-electron chi connectivity index (χ2n) is 7.60. The van der Waals surface area contributed by atoms with Gasteiger partial charge in [-0.3, -0.25) is 4.79 Å². The van der Waals surface area contributed by atoms with E-state index in [-0.39, 0.29) is 24.1 Å². The van der Waals surface area contributed by atoms with Gasteiger partial charge in [-0.15, -0.1) is 10.2 Å². The molecule has 1 amide bonds. The van der Waals surface area contributed by atoms with Crippen LogP contribution >= 0.6 is 0 Å². The number of benzene rings is 2. The number of carbonyl (C=O) groups excluding carboxylic acids is 1. The van der Waals surface area contributed by atoms with Crippen molar-refractivity contribution in [2.24, 2.45) is 0 Å². The van der Waals surface area contributed by atoms with Crippen molar-refractivity contribution in [1.82, 2.24) is 25.5 Å². The largest absolute Gasteiger partial charge is 0.497 e. The summed E-state index contributed by atoms with van der Waals surface area (Å²) in [6, 6.07) is 15.0. The van der Waals surface area contributed by atoms with Crippen molar-refractivity contribution < 1.29 is 14.3 Å². The van der Waals surface area contributed by atoms with Gasteiger partial charge in [-0.05, 0) is 37.3 Å². The number of amides is 1. The minimum Gasteiger partial charge on any atom is -0.497 e. The van der Waals surface area contributed by atoms with Gasteiger partial charge in [-0.2, -0.15) is 4.80 Å². The van der Waals surface area contributed by atoms with Crippen molar-refractivity contribution in [1.29, 1.82) is 0 Å². The molecule has 1 N–H and O–H groups in total. The third-order valence-corrected chi connectivity index (χ3v) is 4.78. The Morgan fingerprint density at radius 3 is 2.93 bits per heavy atom. The molecule has 0 fully saturated rings. The van der Waals surface area contributed by atoms with Gasteiger partial charge < -0.3 is 14.8 Å². The van der Waals surface area contributed by atoms with Gasteiger partial charge in [-0.1, -0.05) is 30.3 Å². The summed E-state index contributed by atoms with van der Waals surface area (Å²) in [4.78, 5) is 13.9. The van der Waals surface area contributed by atoms with Crippen LogP contribution in [0.2, 0.25) is 0 Å². The second kappa shape index (κ2) is 7.54. The maximum absolute atomic E-state index is 12.6. The lowest BCUT2D eigenvalue weighted by Crippen LogP contribution is -2.42. The molecule has 29 heavy (non-hydrogen) atoms. The van der Waals surface area contributed by atoms with Gasteiger partial charge in [0, 0.05) is 17.5 Å². The number of rotatable bonds is 5. The minimum atomic E-state index is -0.364. The molecule has 0 radical (unpaired) electrons. The first-order chi connectivity index (χ1) is 13.9. The number of hydrogen-bond acceptors (Lipinski definition) is 6. The number of aromatic nitrogens is 4. The van der Waals surface area contributed by atoms with E-state index >= 15 is 0 Å². The highest BCUT2D eigenvalue weighted by Gasteiger charge is 2.34. The normalized spacial score (nSPS) is 17.1. The van der Waals surface area contributed by atoms with Crippen LogP contribution in [0.5, 0.6) is 11.5 Å². The fourth-order valence-electron chi connectivity index (χ4n) is 3.49. The molecular weight excluding hydrogens is 370 g/mol. The Morgan fingerprint density at radius 1 is 1.28 bits per heavy atom. The number of ether oxygens (including phenoxy) is 2. The Bertz CT molecular complexity index is 1030. The fourth-order valence-corrected chi connectivity index (χ4v) is 3.49. The van der Waals surface area contributed by atoms with Crippen LogP contribution in [0, 0.1) is 0 Å². The highest BCUT2D eigenvalue weighted by Crippen LogP contribution is 2.39. The molecule has 0 bridgehead atoms. The summed E-state index contributed by atoms with van der Waals surface area (Å²) in [5.74, 6) is 1.76. The third-order valence-electron chi connectivity index (χ3n) is 4.78. The summed E-state index contributed by atoms with van der Waals surface area (Å²) in [5, 5.41) is 15.4. The first kappa shape index (κ1) is 18.9. The van der Waals surface area contributed by atoms with E-state index in [9.17, 15) is 4.79 Å². The highest BCUT2D eigenvalue weighted by molar-refractivity contribution is 5.76. The predicted molar refractivity (Wildman–Crippen MR) is 106 cm³/mol. The molecule has 8 heteroatoms. The summed E-state index contributed by atoms with van der Waals surface area (Å²) in [5.41, 5.74) is 1.39. The third kappa shape index (κ3) is 4.21. The molecule has 0 unspecified atom stereocenters. The van der Waals surface area contributed by atoms with Crippen molar-refractivity contribution in [3.63, 3.8) is 0 Å². The molecule has 1 atom stereocenters. The summed E-state index contributed by atoms with van der Waals surface area (Å²) in [6.45, 7) is 4.01. The first-order valence-electron chi connectivity index (χ1n) is 9.43. The summed E-state index contributed by atoms with van der Waals surface area (Å²) < 4.78 is 11.2. The summed E-state index contributed by atoms with van der Waals surface area (Å²) in [7, 11) is 1.60. The lowest BCUT2D eigenvalue weighted by Gasteiger charge is -2.37. The van der Waals surface area contributed by atoms with Gasteiger partial charge in [-0.25, -0.2) is 0 Å². The maximum Gasteiger partial charge on any atom is 0.244 e. The number of nitrogens with one attached hydrogen (secondary N) is 1. The lowest BCUT2D eigenvalue weighted by atomic mass is 9.89. The number of para-hydroxylation sites is 1. The molecule has 0 saturated carbocycles. The second-order valence-corrected chi connectivity index (χ2v) is 7.60. The lowest BCUT2D eigenvalue weighted by molar-refractivity contribution is -0.123. The van der Waals surface area contributed by atoms with Crippen LogP contribution in [0.15, 0.2) is 48.5 Å². The zero-order chi connectivity index (χ0) is 20.4. The van der Waals surface area contributed by atoms with Gasteiger partial charge in [0.25, 0.3) is 0 Å². The van der Waals surface area contributed by atoms with E-state index in [1.165, 1.54) is 4.80 Å². The standard InChI is InChI=1S/C21H23N5O3/c1-21(2)12-17(16-9-4-5-10-18(16)29-21)22-19(27)13-26-24-20(23-25-26)14-7-6-8-15(11-14)28-3/h4-11,17H,12-13H2,1-3H3,(H,22,27)/t17-/m1/s1. The van der Waals surface area contributed by atoms with Crippen molar-refractivity contribution in [2.45, 2.75) is 38.5 Å². The van der Waals surface area contributed by atoms with Crippen LogP contribution in [-0.4, -0.2) is 38.8 Å². The van der Waals surface area contributed by atoms with Crippen molar-refractivity contribution in [2.75, 3.05) is 7.11 Å². The van der Waals surface area contributed by atoms with E-state index in [0.717, 1.165) is 16.9 Å². The zero-order valence-corrected chi connectivity index (χ0v) is 16.6. The van der Waals surface area contributed by atoms with Gasteiger partial charge in [0.1, 0.15) is 23.6 Å². The minimum absolute atomic E-state index is 0.0169. The maximum atomic E-state index is 12.6. The van der Waals surface area contributed by atoms with E-state index in [1.54, 1.807) is 7.11 Å². The molecule has 1 aliphatic heterocycles. The van der Waals surface area contributed by atoms with E-state index in [1.807, 2.05) is 62.4 Å². The number of tetrazole rings is 1. The number of fused-ring (bicyclic) bond motifs is 1. The van der Waals surface area contributed by atoms with E-state index < -0.39 is 0 Å². The summed E-state index contributed by atoms with van der Waals surface area (Å²) >= 11 is 0. The monoisotopic (exact) mass is 393 g/mol. The quantitative estimate of drug-likeness (QED) is 0.717. The Labute approximate surface area is 168 Å². The van der Waals surface area contributed by atoms with Crippen LogP contribution in [0.1, 0.15) is 31.9 Å². The average molecular weight is 393 g/mol. The molecule has 8 nitrogen and oxygen atoms in total. The van der Waals surface area contributed by atoms with Gasteiger partial charge in [0.15, 0.2) is 0 Å². The Kier molecular flexibility index (Phi) is 4.92. The van der Waals surface area contributed by atoms with Crippen LogP contribution in [0.25, 0.3) is 11.4 Å². The topological polar surface area (TPSA) is 91.2 Å². The smallest absolute Gasteiger partial charge is 0.244 e. The van der Waals surface area contributed by atoms with Crippen molar-refractivity contribution >= 4 is 5.91 Å².